The topological polar surface area (TPSA) is 73.6 Å². The van der Waals surface area contributed by atoms with Crippen LogP contribution in [-0.2, 0) is 14.3 Å². The van der Waals surface area contributed by atoms with Crippen LogP contribution < -0.4 is 11.1 Å². The molecule has 0 saturated heterocycles. The standard InChI is InChI=1S/C12H24N2O3/c1-16-7-3-6-14-12(15)9-17-11-5-2-4-10(11)8-13/h10-11H,2-9,13H2,1H3,(H,14,15). The van der Waals surface area contributed by atoms with Crippen LogP contribution in [0.4, 0.5) is 0 Å². The second-order valence-electron chi connectivity index (χ2n) is 4.47. The van der Waals surface area contributed by atoms with Gasteiger partial charge in [0.25, 0.3) is 0 Å². The molecule has 1 amide bonds. The largest absolute Gasteiger partial charge is 0.385 e. The van der Waals surface area contributed by atoms with Gasteiger partial charge in [0.15, 0.2) is 0 Å². The number of hydrogen-bond donors (Lipinski definition) is 2. The van der Waals surface area contributed by atoms with Crippen LogP contribution in [0.25, 0.3) is 0 Å². The van der Waals surface area contributed by atoms with E-state index in [1.807, 2.05) is 0 Å². The quantitative estimate of drug-likeness (QED) is 0.602. The summed E-state index contributed by atoms with van der Waals surface area (Å²) in [6.45, 7) is 2.11. The number of carbonyl (C=O) groups is 1. The molecule has 0 radical (unpaired) electrons. The average Bonchev–Trinajstić information content (AvgIpc) is 2.79. The van der Waals surface area contributed by atoms with Crippen molar-refractivity contribution in [3.8, 4) is 0 Å². The molecule has 0 bridgehead atoms. The Balaban J connectivity index is 2.06. The fourth-order valence-corrected chi connectivity index (χ4v) is 2.17. The van der Waals surface area contributed by atoms with Crippen LogP contribution in [0.1, 0.15) is 25.7 Å². The molecular formula is C12H24N2O3. The first-order valence-electron chi connectivity index (χ1n) is 6.35. The van der Waals surface area contributed by atoms with Crippen LogP contribution in [0, 0.1) is 5.92 Å². The highest BCUT2D eigenvalue weighted by atomic mass is 16.5. The van der Waals surface area contributed by atoms with Gasteiger partial charge >= 0.3 is 0 Å². The molecule has 0 heterocycles. The molecule has 1 aliphatic rings. The number of hydrogen-bond acceptors (Lipinski definition) is 4. The summed E-state index contributed by atoms with van der Waals surface area (Å²) in [5.74, 6) is 0.375. The Hall–Kier alpha value is -0.650. The van der Waals surface area contributed by atoms with Gasteiger partial charge < -0.3 is 20.5 Å². The molecule has 2 atom stereocenters. The number of nitrogens with two attached hydrogens (primary N) is 1. The van der Waals surface area contributed by atoms with Gasteiger partial charge in [-0.2, -0.15) is 0 Å². The molecule has 1 fully saturated rings. The monoisotopic (exact) mass is 244 g/mol. The fraction of sp³-hybridized carbons (Fsp3) is 0.917. The molecule has 100 valence electrons. The van der Waals surface area contributed by atoms with E-state index in [1.165, 1.54) is 0 Å². The second-order valence-corrected chi connectivity index (χ2v) is 4.47. The van der Waals surface area contributed by atoms with E-state index in [1.54, 1.807) is 7.11 Å². The van der Waals surface area contributed by atoms with Gasteiger partial charge in [0.1, 0.15) is 6.61 Å². The molecule has 0 aromatic carbocycles. The zero-order valence-corrected chi connectivity index (χ0v) is 10.6. The Morgan fingerprint density at radius 2 is 2.29 bits per heavy atom. The Morgan fingerprint density at radius 1 is 1.47 bits per heavy atom. The van der Waals surface area contributed by atoms with Crippen molar-refractivity contribution in [2.45, 2.75) is 31.8 Å². The van der Waals surface area contributed by atoms with E-state index < -0.39 is 0 Å². The maximum absolute atomic E-state index is 11.4. The lowest BCUT2D eigenvalue weighted by molar-refractivity contribution is -0.128. The number of ether oxygens (including phenoxy) is 2. The first-order chi connectivity index (χ1) is 8.27. The summed E-state index contributed by atoms with van der Waals surface area (Å²) in [5, 5.41) is 2.80. The van der Waals surface area contributed by atoms with Crippen molar-refractivity contribution in [1.82, 2.24) is 5.32 Å². The van der Waals surface area contributed by atoms with E-state index in [0.29, 0.717) is 25.6 Å². The van der Waals surface area contributed by atoms with E-state index in [-0.39, 0.29) is 18.6 Å². The molecule has 0 aromatic heterocycles. The molecule has 17 heavy (non-hydrogen) atoms. The van der Waals surface area contributed by atoms with Crippen LogP contribution in [0.5, 0.6) is 0 Å². The summed E-state index contributed by atoms with van der Waals surface area (Å²) < 4.78 is 10.5. The highest BCUT2D eigenvalue weighted by molar-refractivity contribution is 5.77. The van der Waals surface area contributed by atoms with Crippen molar-refractivity contribution < 1.29 is 14.3 Å². The predicted molar refractivity (Wildman–Crippen MR) is 65.6 cm³/mol. The molecule has 0 aromatic rings. The summed E-state index contributed by atoms with van der Waals surface area (Å²) in [7, 11) is 1.65. The van der Waals surface area contributed by atoms with Crippen molar-refractivity contribution in [3.05, 3.63) is 0 Å². The maximum atomic E-state index is 11.4. The molecule has 5 heteroatoms. The van der Waals surface area contributed by atoms with Gasteiger partial charge in [-0.05, 0) is 31.7 Å². The van der Waals surface area contributed by atoms with Gasteiger partial charge in [-0.25, -0.2) is 0 Å². The van der Waals surface area contributed by atoms with Gasteiger partial charge in [0.2, 0.25) is 5.91 Å². The number of methoxy groups -OCH3 is 1. The molecule has 1 saturated carbocycles. The zero-order chi connectivity index (χ0) is 12.5. The van der Waals surface area contributed by atoms with Crippen molar-refractivity contribution in [2.75, 3.05) is 33.4 Å². The maximum Gasteiger partial charge on any atom is 0.246 e. The average molecular weight is 244 g/mol. The van der Waals surface area contributed by atoms with Crippen molar-refractivity contribution >= 4 is 5.91 Å². The van der Waals surface area contributed by atoms with Crippen LogP contribution in [0.2, 0.25) is 0 Å². The first-order valence-corrected chi connectivity index (χ1v) is 6.35. The molecular weight excluding hydrogens is 220 g/mol. The Bertz CT molecular complexity index is 224. The van der Waals surface area contributed by atoms with E-state index in [4.69, 9.17) is 15.2 Å². The second kappa shape index (κ2) is 8.44. The predicted octanol–water partition coefficient (Wildman–Crippen LogP) is 0.283. The number of nitrogens with one attached hydrogen (secondary N) is 1. The minimum Gasteiger partial charge on any atom is -0.385 e. The van der Waals surface area contributed by atoms with E-state index in [9.17, 15) is 4.79 Å². The Labute approximate surface area is 103 Å². The summed E-state index contributed by atoms with van der Waals surface area (Å²) in [6, 6.07) is 0. The van der Waals surface area contributed by atoms with Gasteiger partial charge in [-0.3, -0.25) is 4.79 Å². The number of rotatable bonds is 8. The van der Waals surface area contributed by atoms with Crippen LogP contribution in [0.15, 0.2) is 0 Å². The van der Waals surface area contributed by atoms with Gasteiger partial charge in [0.05, 0.1) is 6.10 Å². The van der Waals surface area contributed by atoms with Crippen LogP contribution in [0.3, 0.4) is 0 Å². The molecule has 5 nitrogen and oxygen atoms in total. The third-order valence-corrected chi connectivity index (χ3v) is 3.17. The fourth-order valence-electron chi connectivity index (χ4n) is 2.17. The third-order valence-electron chi connectivity index (χ3n) is 3.17. The van der Waals surface area contributed by atoms with E-state index in [2.05, 4.69) is 5.32 Å². The van der Waals surface area contributed by atoms with Crippen LogP contribution in [-0.4, -0.2) is 45.4 Å². The Kier molecular flexibility index (Phi) is 7.16. The summed E-state index contributed by atoms with van der Waals surface area (Å²) in [5.41, 5.74) is 5.65. The van der Waals surface area contributed by atoms with Crippen molar-refractivity contribution in [3.63, 3.8) is 0 Å². The van der Waals surface area contributed by atoms with Gasteiger partial charge in [-0.1, -0.05) is 6.42 Å². The molecule has 1 aliphatic carbocycles. The SMILES string of the molecule is COCCCNC(=O)COC1CCCC1CN. The van der Waals surface area contributed by atoms with Crippen LogP contribution >= 0.6 is 0 Å². The van der Waals surface area contributed by atoms with E-state index in [0.717, 1.165) is 25.7 Å². The minimum atomic E-state index is -0.0521. The van der Waals surface area contributed by atoms with Gasteiger partial charge in [-0.15, -0.1) is 0 Å². The number of carbonyl (C=O) groups excluding carboxylic acids is 1. The molecule has 1 rings (SSSR count). The van der Waals surface area contributed by atoms with Gasteiger partial charge in [0, 0.05) is 20.3 Å². The summed E-state index contributed by atoms with van der Waals surface area (Å²) in [4.78, 5) is 11.4. The molecule has 3 N–H and O–H groups in total. The Morgan fingerprint density at radius 3 is 3.00 bits per heavy atom. The summed E-state index contributed by atoms with van der Waals surface area (Å²) in [6.07, 6.45) is 4.30. The summed E-state index contributed by atoms with van der Waals surface area (Å²) >= 11 is 0. The lowest BCUT2D eigenvalue weighted by Gasteiger charge is -2.18. The lowest BCUT2D eigenvalue weighted by Crippen LogP contribution is -2.33. The lowest BCUT2D eigenvalue weighted by atomic mass is 10.1. The zero-order valence-electron chi connectivity index (χ0n) is 10.6. The third kappa shape index (κ3) is 5.48. The van der Waals surface area contributed by atoms with Crippen molar-refractivity contribution in [1.29, 1.82) is 0 Å². The number of amides is 1. The smallest absolute Gasteiger partial charge is 0.246 e. The van der Waals surface area contributed by atoms with Crippen molar-refractivity contribution in [2.24, 2.45) is 11.7 Å². The molecule has 0 spiro atoms. The normalized spacial score (nSPS) is 23.9. The molecule has 2 unspecified atom stereocenters. The highest BCUT2D eigenvalue weighted by Gasteiger charge is 2.27. The first kappa shape index (κ1) is 14.4. The van der Waals surface area contributed by atoms with E-state index >= 15 is 0 Å². The minimum absolute atomic E-state index is 0.0521. The highest BCUT2D eigenvalue weighted by Crippen LogP contribution is 2.27. The molecule has 0 aliphatic heterocycles.